The summed E-state index contributed by atoms with van der Waals surface area (Å²) in [5.41, 5.74) is 0.0948. The van der Waals surface area contributed by atoms with Gasteiger partial charge in [-0.05, 0) is 37.5 Å². The third-order valence-electron chi connectivity index (χ3n) is 3.09. The van der Waals surface area contributed by atoms with Crippen molar-refractivity contribution in [1.82, 2.24) is 0 Å². The minimum absolute atomic E-state index is 0.362. The van der Waals surface area contributed by atoms with Crippen LogP contribution in [0.2, 0.25) is 0 Å². The maximum atomic E-state index is 10.1. The van der Waals surface area contributed by atoms with Crippen molar-refractivity contribution in [3.8, 4) is 0 Å². The lowest BCUT2D eigenvalue weighted by atomic mass is 9.70. The fourth-order valence-corrected chi connectivity index (χ4v) is 2.56. The van der Waals surface area contributed by atoms with Crippen LogP contribution in [0.5, 0.6) is 0 Å². The molecule has 1 aliphatic rings. The minimum Gasteiger partial charge on any atom is -0.390 e. The van der Waals surface area contributed by atoms with Gasteiger partial charge in [0.25, 0.3) is 0 Å². The molecule has 2 heteroatoms. The molecule has 0 radical (unpaired) electrons. The molecule has 0 aromatic rings. The lowest BCUT2D eigenvalue weighted by molar-refractivity contribution is -0.0272. The summed E-state index contributed by atoms with van der Waals surface area (Å²) >= 11 is 3.39. The summed E-state index contributed by atoms with van der Waals surface area (Å²) in [5.74, 6) is 0. The minimum atomic E-state index is -0.362. The average molecular weight is 235 g/mol. The van der Waals surface area contributed by atoms with Gasteiger partial charge in [0.2, 0.25) is 0 Å². The van der Waals surface area contributed by atoms with Crippen LogP contribution in [0.3, 0.4) is 0 Å². The molecule has 0 heterocycles. The van der Waals surface area contributed by atoms with Gasteiger partial charge in [-0.3, -0.25) is 0 Å². The van der Waals surface area contributed by atoms with Crippen molar-refractivity contribution in [3.63, 3.8) is 0 Å². The molecule has 1 aliphatic carbocycles. The van der Waals surface area contributed by atoms with Crippen molar-refractivity contribution < 1.29 is 5.11 Å². The normalized spacial score (nSPS) is 27.0. The Labute approximate surface area is 83.7 Å². The first-order valence-corrected chi connectivity index (χ1v) is 5.88. The molecule has 1 N–H and O–H groups in total. The highest BCUT2D eigenvalue weighted by atomic mass is 79.9. The summed E-state index contributed by atoms with van der Waals surface area (Å²) in [4.78, 5) is 0. The maximum absolute atomic E-state index is 10.1. The second-order valence-corrected chi connectivity index (χ2v) is 5.62. The zero-order chi connectivity index (χ0) is 9.24. The molecule has 12 heavy (non-hydrogen) atoms. The first-order chi connectivity index (χ1) is 5.47. The summed E-state index contributed by atoms with van der Waals surface area (Å²) in [6, 6.07) is 0. The van der Waals surface area contributed by atoms with E-state index in [9.17, 15) is 5.11 Å². The molecular formula is C10H19BrO. The van der Waals surface area contributed by atoms with E-state index in [4.69, 9.17) is 0 Å². The molecule has 0 spiro atoms. The second-order valence-electron chi connectivity index (χ2n) is 4.83. The van der Waals surface area contributed by atoms with Gasteiger partial charge in [0, 0.05) is 5.33 Å². The lowest BCUT2D eigenvalue weighted by Gasteiger charge is -2.40. The predicted molar refractivity (Wildman–Crippen MR) is 55.6 cm³/mol. The van der Waals surface area contributed by atoms with Gasteiger partial charge in [0.05, 0.1) is 5.60 Å². The topological polar surface area (TPSA) is 20.2 Å². The Balaban J connectivity index is 2.44. The first-order valence-electron chi connectivity index (χ1n) is 4.76. The number of aliphatic hydroxyl groups is 1. The van der Waals surface area contributed by atoms with Crippen molar-refractivity contribution in [2.24, 2.45) is 5.41 Å². The highest BCUT2D eigenvalue weighted by molar-refractivity contribution is 9.09. The summed E-state index contributed by atoms with van der Waals surface area (Å²) in [5, 5.41) is 11.0. The van der Waals surface area contributed by atoms with Crippen LogP contribution in [0, 0.1) is 5.41 Å². The van der Waals surface area contributed by atoms with Crippen LogP contribution in [0.25, 0.3) is 0 Å². The van der Waals surface area contributed by atoms with E-state index < -0.39 is 0 Å². The van der Waals surface area contributed by atoms with E-state index in [2.05, 4.69) is 29.8 Å². The van der Waals surface area contributed by atoms with E-state index in [1.54, 1.807) is 0 Å². The number of halogens is 1. The van der Waals surface area contributed by atoms with E-state index in [0.29, 0.717) is 5.41 Å². The zero-order valence-electron chi connectivity index (χ0n) is 8.07. The molecule has 1 saturated carbocycles. The third kappa shape index (κ3) is 2.74. The summed E-state index contributed by atoms with van der Waals surface area (Å²) < 4.78 is 0. The van der Waals surface area contributed by atoms with Crippen LogP contribution in [0.1, 0.15) is 46.0 Å². The Morgan fingerprint density at radius 2 is 1.67 bits per heavy atom. The van der Waals surface area contributed by atoms with Gasteiger partial charge in [-0.25, -0.2) is 0 Å². The molecule has 0 saturated heterocycles. The Bertz CT molecular complexity index is 144. The Morgan fingerprint density at radius 1 is 1.17 bits per heavy atom. The molecule has 0 bridgehead atoms. The van der Waals surface area contributed by atoms with Crippen molar-refractivity contribution in [2.45, 2.75) is 51.6 Å². The summed E-state index contributed by atoms with van der Waals surface area (Å²) in [6.45, 7) is 4.58. The van der Waals surface area contributed by atoms with Crippen molar-refractivity contribution >= 4 is 15.9 Å². The van der Waals surface area contributed by atoms with Gasteiger partial charge in [-0.2, -0.15) is 0 Å². The highest BCUT2D eigenvalue weighted by Gasteiger charge is 2.35. The molecule has 1 rings (SSSR count). The molecule has 1 nitrogen and oxygen atoms in total. The van der Waals surface area contributed by atoms with E-state index in [0.717, 1.165) is 37.4 Å². The van der Waals surface area contributed by atoms with Gasteiger partial charge in [0.1, 0.15) is 0 Å². The molecule has 1 fully saturated rings. The van der Waals surface area contributed by atoms with Gasteiger partial charge >= 0.3 is 0 Å². The zero-order valence-corrected chi connectivity index (χ0v) is 9.65. The van der Waals surface area contributed by atoms with Crippen LogP contribution in [-0.4, -0.2) is 16.0 Å². The number of hydrogen-bond donors (Lipinski definition) is 1. The highest BCUT2D eigenvalue weighted by Crippen LogP contribution is 2.41. The summed E-state index contributed by atoms with van der Waals surface area (Å²) in [6.07, 6.45) is 5.19. The third-order valence-corrected chi connectivity index (χ3v) is 3.49. The van der Waals surface area contributed by atoms with Crippen LogP contribution in [0.4, 0.5) is 0 Å². The van der Waals surface area contributed by atoms with E-state index in [-0.39, 0.29) is 5.60 Å². The van der Waals surface area contributed by atoms with Gasteiger partial charge in [-0.15, -0.1) is 0 Å². The quantitative estimate of drug-likeness (QED) is 0.729. The van der Waals surface area contributed by atoms with Crippen LogP contribution in [-0.2, 0) is 0 Å². The molecule has 0 aromatic heterocycles. The SMILES string of the molecule is CC1(C)CCC(O)(CCBr)CC1. The smallest absolute Gasteiger partial charge is 0.0656 e. The fourth-order valence-electron chi connectivity index (χ4n) is 1.82. The van der Waals surface area contributed by atoms with Crippen LogP contribution in [0.15, 0.2) is 0 Å². The monoisotopic (exact) mass is 234 g/mol. The average Bonchev–Trinajstić information content (AvgIpc) is 1.98. The fraction of sp³-hybridized carbons (Fsp3) is 1.00. The summed E-state index contributed by atoms with van der Waals surface area (Å²) in [7, 11) is 0. The van der Waals surface area contributed by atoms with E-state index >= 15 is 0 Å². The molecule has 0 unspecified atom stereocenters. The van der Waals surface area contributed by atoms with Crippen LogP contribution >= 0.6 is 15.9 Å². The number of alkyl halides is 1. The molecule has 0 atom stereocenters. The van der Waals surface area contributed by atoms with Crippen LogP contribution < -0.4 is 0 Å². The molecule has 0 aromatic carbocycles. The largest absolute Gasteiger partial charge is 0.390 e. The molecule has 72 valence electrons. The Hall–Kier alpha value is 0.440. The van der Waals surface area contributed by atoms with Gasteiger partial charge < -0.3 is 5.11 Å². The second kappa shape index (κ2) is 3.67. The van der Waals surface area contributed by atoms with E-state index in [1.807, 2.05) is 0 Å². The van der Waals surface area contributed by atoms with Crippen molar-refractivity contribution in [2.75, 3.05) is 5.33 Å². The number of hydrogen-bond acceptors (Lipinski definition) is 1. The molecular weight excluding hydrogens is 216 g/mol. The first kappa shape index (κ1) is 10.5. The predicted octanol–water partition coefficient (Wildman–Crippen LogP) is 3.10. The van der Waals surface area contributed by atoms with E-state index in [1.165, 1.54) is 0 Å². The standard InChI is InChI=1S/C10H19BrO/c1-9(2)3-5-10(12,6-4-9)7-8-11/h12H,3-8H2,1-2H3. The number of rotatable bonds is 2. The molecule has 0 aliphatic heterocycles. The Kier molecular flexibility index (Phi) is 3.21. The molecule has 0 amide bonds. The van der Waals surface area contributed by atoms with Crippen molar-refractivity contribution in [3.05, 3.63) is 0 Å². The lowest BCUT2D eigenvalue weighted by Crippen LogP contribution is -2.37. The van der Waals surface area contributed by atoms with Gasteiger partial charge in [-0.1, -0.05) is 29.8 Å². The van der Waals surface area contributed by atoms with Crippen molar-refractivity contribution in [1.29, 1.82) is 0 Å². The van der Waals surface area contributed by atoms with Gasteiger partial charge in [0.15, 0.2) is 0 Å². The Morgan fingerprint density at radius 3 is 2.08 bits per heavy atom. The maximum Gasteiger partial charge on any atom is 0.0656 e.